The van der Waals surface area contributed by atoms with Crippen LogP contribution in [0.3, 0.4) is 0 Å². The van der Waals surface area contributed by atoms with Gasteiger partial charge in [-0.15, -0.1) is 16.4 Å². The number of hydrogen-bond acceptors (Lipinski definition) is 5. The van der Waals surface area contributed by atoms with Crippen molar-refractivity contribution in [3.05, 3.63) is 38.7 Å². The molecular formula is C17H22N4OS. The third-order valence-corrected chi connectivity index (χ3v) is 5.44. The van der Waals surface area contributed by atoms with Crippen LogP contribution < -0.4 is 5.73 Å². The van der Waals surface area contributed by atoms with E-state index in [0.29, 0.717) is 18.9 Å². The molecule has 2 aromatic rings. The van der Waals surface area contributed by atoms with Crippen molar-refractivity contribution in [2.75, 3.05) is 12.3 Å². The van der Waals surface area contributed by atoms with Crippen molar-refractivity contribution in [1.29, 1.82) is 0 Å². The van der Waals surface area contributed by atoms with Crippen molar-refractivity contribution in [3.8, 4) is 0 Å². The molecule has 6 heteroatoms. The predicted octanol–water partition coefficient (Wildman–Crippen LogP) is 2.83. The van der Waals surface area contributed by atoms with E-state index in [1.54, 1.807) is 11.3 Å². The number of carbonyl (C=O) groups is 1. The Bertz CT molecular complexity index is 725. The van der Waals surface area contributed by atoms with E-state index in [-0.39, 0.29) is 5.91 Å². The molecule has 5 nitrogen and oxygen atoms in total. The van der Waals surface area contributed by atoms with Crippen LogP contribution >= 0.6 is 11.3 Å². The van der Waals surface area contributed by atoms with E-state index >= 15 is 0 Å². The zero-order valence-electron chi connectivity index (χ0n) is 13.6. The summed E-state index contributed by atoms with van der Waals surface area (Å²) in [6.45, 7) is 5.57. The average Bonchev–Trinajstić information content (AvgIpc) is 2.97. The van der Waals surface area contributed by atoms with Crippen LogP contribution in [0.25, 0.3) is 0 Å². The summed E-state index contributed by atoms with van der Waals surface area (Å²) >= 11 is 1.65. The zero-order chi connectivity index (χ0) is 16.4. The molecule has 0 aliphatic carbocycles. The van der Waals surface area contributed by atoms with Crippen molar-refractivity contribution < 1.29 is 4.79 Å². The number of aromatic nitrogens is 2. The number of anilines is 1. The van der Waals surface area contributed by atoms with Crippen LogP contribution in [-0.2, 0) is 25.8 Å². The highest BCUT2D eigenvalue weighted by molar-refractivity contribution is 7.14. The Morgan fingerprint density at radius 3 is 2.91 bits per heavy atom. The van der Waals surface area contributed by atoms with E-state index in [2.05, 4.69) is 30.1 Å². The number of fused-ring (bicyclic) bond motifs is 1. The summed E-state index contributed by atoms with van der Waals surface area (Å²) in [5.41, 5.74) is 8.99. The van der Waals surface area contributed by atoms with Crippen molar-refractivity contribution >= 4 is 23.1 Å². The Balaban J connectivity index is 1.81. The lowest BCUT2D eigenvalue weighted by Gasteiger charge is -2.27. The number of nitrogens with zero attached hydrogens (tertiary/aromatic N) is 3. The van der Waals surface area contributed by atoms with Crippen LogP contribution in [-0.4, -0.2) is 27.5 Å². The molecule has 1 aliphatic heterocycles. The standard InChI is InChI=1S/C17H22N4OS/c1-3-5-14-11(4-2)8-15(23-14)17(22)21-7-6-13-12(10-21)9-16(18)20-19-13/h8-9H,3-7,10H2,1-2H3,(H2,18,20). The minimum atomic E-state index is 0.119. The van der Waals surface area contributed by atoms with Gasteiger partial charge in [-0.1, -0.05) is 20.3 Å². The molecule has 3 heterocycles. The Kier molecular flexibility index (Phi) is 4.61. The molecule has 0 unspecified atom stereocenters. The first-order chi connectivity index (χ1) is 11.1. The minimum absolute atomic E-state index is 0.119. The highest BCUT2D eigenvalue weighted by atomic mass is 32.1. The quantitative estimate of drug-likeness (QED) is 0.935. The largest absolute Gasteiger partial charge is 0.382 e. The monoisotopic (exact) mass is 330 g/mol. The molecule has 0 aromatic carbocycles. The van der Waals surface area contributed by atoms with Gasteiger partial charge in [0.2, 0.25) is 0 Å². The topological polar surface area (TPSA) is 72.1 Å². The van der Waals surface area contributed by atoms with Crippen LogP contribution in [0.4, 0.5) is 5.82 Å². The van der Waals surface area contributed by atoms with Crippen LogP contribution in [0.1, 0.15) is 51.6 Å². The van der Waals surface area contributed by atoms with Gasteiger partial charge in [0.1, 0.15) is 5.82 Å². The average molecular weight is 330 g/mol. The van der Waals surface area contributed by atoms with E-state index in [1.165, 1.54) is 10.4 Å². The highest BCUT2D eigenvalue weighted by Crippen LogP contribution is 2.27. The summed E-state index contributed by atoms with van der Waals surface area (Å²) < 4.78 is 0. The molecule has 0 fully saturated rings. The summed E-state index contributed by atoms with van der Waals surface area (Å²) in [5, 5.41) is 8.02. The lowest BCUT2D eigenvalue weighted by atomic mass is 10.1. The molecule has 2 aromatic heterocycles. The maximum absolute atomic E-state index is 12.8. The van der Waals surface area contributed by atoms with Gasteiger partial charge >= 0.3 is 0 Å². The Hall–Kier alpha value is -1.95. The van der Waals surface area contributed by atoms with Crippen LogP contribution in [0.2, 0.25) is 0 Å². The molecule has 1 aliphatic rings. The SMILES string of the molecule is CCCc1sc(C(=O)N2CCc3nnc(N)cc3C2)cc1CC. The molecular weight excluding hydrogens is 308 g/mol. The van der Waals surface area contributed by atoms with E-state index in [0.717, 1.165) is 41.8 Å². The number of thiophene rings is 1. The second-order valence-electron chi connectivity index (χ2n) is 5.88. The molecule has 3 rings (SSSR count). The molecule has 0 atom stereocenters. The normalized spacial score (nSPS) is 13.9. The molecule has 2 N–H and O–H groups in total. The van der Waals surface area contributed by atoms with Crippen LogP contribution in [0.15, 0.2) is 12.1 Å². The number of carbonyl (C=O) groups excluding carboxylic acids is 1. The smallest absolute Gasteiger partial charge is 0.264 e. The fraction of sp³-hybridized carbons (Fsp3) is 0.471. The fourth-order valence-electron chi connectivity index (χ4n) is 2.98. The molecule has 1 amide bonds. The summed E-state index contributed by atoms with van der Waals surface area (Å²) in [6, 6.07) is 3.91. The number of nitrogens with two attached hydrogens (primary N) is 1. The summed E-state index contributed by atoms with van der Waals surface area (Å²) in [6.07, 6.45) is 3.88. The van der Waals surface area contributed by atoms with Gasteiger partial charge in [-0.3, -0.25) is 4.79 Å². The van der Waals surface area contributed by atoms with Gasteiger partial charge in [0.25, 0.3) is 5.91 Å². The highest BCUT2D eigenvalue weighted by Gasteiger charge is 2.25. The Labute approximate surface area is 140 Å². The third-order valence-electron chi connectivity index (χ3n) is 4.21. The molecule has 0 radical (unpaired) electrons. The first kappa shape index (κ1) is 15.9. The first-order valence-corrected chi connectivity index (χ1v) is 8.95. The minimum Gasteiger partial charge on any atom is -0.382 e. The second kappa shape index (κ2) is 6.66. The lowest BCUT2D eigenvalue weighted by molar-refractivity contribution is 0.0738. The van der Waals surface area contributed by atoms with Gasteiger partial charge in [-0.05, 0) is 36.1 Å². The second-order valence-corrected chi connectivity index (χ2v) is 7.02. The predicted molar refractivity (Wildman–Crippen MR) is 92.6 cm³/mol. The number of amides is 1. The fourth-order valence-corrected chi connectivity index (χ4v) is 4.31. The van der Waals surface area contributed by atoms with Gasteiger partial charge in [0, 0.05) is 24.4 Å². The Morgan fingerprint density at radius 2 is 2.17 bits per heavy atom. The van der Waals surface area contributed by atoms with Crippen LogP contribution in [0.5, 0.6) is 0 Å². The van der Waals surface area contributed by atoms with Crippen molar-refractivity contribution in [1.82, 2.24) is 15.1 Å². The van der Waals surface area contributed by atoms with Gasteiger partial charge in [0.15, 0.2) is 0 Å². The summed E-state index contributed by atoms with van der Waals surface area (Å²) in [7, 11) is 0. The Morgan fingerprint density at radius 1 is 1.35 bits per heavy atom. The molecule has 122 valence electrons. The van der Waals surface area contributed by atoms with Gasteiger partial charge in [-0.2, -0.15) is 5.10 Å². The van der Waals surface area contributed by atoms with Gasteiger partial charge in [-0.25, -0.2) is 0 Å². The molecule has 0 spiro atoms. The lowest BCUT2D eigenvalue weighted by Crippen LogP contribution is -2.36. The van der Waals surface area contributed by atoms with E-state index in [9.17, 15) is 4.79 Å². The number of nitrogen functional groups attached to an aromatic ring is 1. The molecule has 23 heavy (non-hydrogen) atoms. The van der Waals surface area contributed by atoms with E-state index in [4.69, 9.17) is 5.73 Å². The van der Waals surface area contributed by atoms with Gasteiger partial charge in [0.05, 0.1) is 10.6 Å². The van der Waals surface area contributed by atoms with Crippen LogP contribution in [0, 0.1) is 0 Å². The van der Waals surface area contributed by atoms with Crippen molar-refractivity contribution in [2.24, 2.45) is 0 Å². The maximum atomic E-state index is 12.8. The van der Waals surface area contributed by atoms with E-state index in [1.807, 2.05) is 11.0 Å². The zero-order valence-corrected chi connectivity index (χ0v) is 14.4. The number of aryl methyl sites for hydroxylation is 2. The third kappa shape index (κ3) is 3.22. The number of hydrogen-bond donors (Lipinski definition) is 1. The molecule has 0 bridgehead atoms. The van der Waals surface area contributed by atoms with Gasteiger partial charge < -0.3 is 10.6 Å². The maximum Gasteiger partial charge on any atom is 0.264 e. The van der Waals surface area contributed by atoms with Crippen molar-refractivity contribution in [3.63, 3.8) is 0 Å². The number of rotatable bonds is 4. The first-order valence-electron chi connectivity index (χ1n) is 8.14. The molecule has 0 saturated heterocycles. The van der Waals surface area contributed by atoms with Crippen molar-refractivity contribution in [2.45, 2.75) is 46.1 Å². The summed E-state index contributed by atoms with van der Waals surface area (Å²) in [4.78, 5) is 16.9. The summed E-state index contributed by atoms with van der Waals surface area (Å²) in [5.74, 6) is 0.528. The molecule has 0 saturated carbocycles. The van der Waals surface area contributed by atoms with E-state index < -0.39 is 0 Å².